The van der Waals surface area contributed by atoms with Gasteiger partial charge in [-0.1, -0.05) is 55.3 Å². The van der Waals surface area contributed by atoms with E-state index in [1.54, 1.807) is 23.1 Å². The smallest absolute Gasteiger partial charge is 0.238 e. The molecule has 5 nitrogen and oxygen atoms in total. The summed E-state index contributed by atoms with van der Waals surface area (Å²) in [7, 11) is 0. The van der Waals surface area contributed by atoms with E-state index in [2.05, 4.69) is 5.32 Å². The highest BCUT2D eigenvalue weighted by atomic mass is 35.5. The van der Waals surface area contributed by atoms with Gasteiger partial charge in [-0.05, 0) is 37.1 Å². The fourth-order valence-corrected chi connectivity index (χ4v) is 3.71. The van der Waals surface area contributed by atoms with Crippen molar-refractivity contribution in [3.05, 3.63) is 28.2 Å². The van der Waals surface area contributed by atoms with Gasteiger partial charge in [-0.3, -0.25) is 14.5 Å². The second-order valence-electron chi connectivity index (χ2n) is 6.64. The van der Waals surface area contributed by atoms with Crippen molar-refractivity contribution in [2.45, 2.75) is 38.5 Å². The SMILES string of the molecule is NC(=O)CN(CCC1CCCCC1)CC(=O)Nc1ccc(Cl)cc1Cl. The predicted molar refractivity (Wildman–Crippen MR) is 102 cm³/mol. The summed E-state index contributed by atoms with van der Waals surface area (Å²) >= 11 is 11.9. The van der Waals surface area contributed by atoms with Gasteiger partial charge in [0.1, 0.15) is 0 Å². The molecule has 3 N–H and O–H groups in total. The number of nitrogens with two attached hydrogens (primary N) is 1. The lowest BCUT2D eigenvalue weighted by Gasteiger charge is -2.26. The van der Waals surface area contributed by atoms with Crippen molar-refractivity contribution in [1.29, 1.82) is 0 Å². The minimum Gasteiger partial charge on any atom is -0.369 e. The Morgan fingerprint density at radius 1 is 1.16 bits per heavy atom. The quantitative estimate of drug-likeness (QED) is 0.716. The van der Waals surface area contributed by atoms with Crippen LogP contribution in [-0.4, -0.2) is 36.3 Å². The van der Waals surface area contributed by atoms with Crippen LogP contribution in [0.2, 0.25) is 10.0 Å². The first-order valence-electron chi connectivity index (χ1n) is 8.69. The molecular formula is C18H25Cl2N3O2. The standard InChI is InChI=1S/C18H25Cl2N3O2/c19-14-6-7-16(15(20)10-14)22-18(25)12-23(11-17(21)24)9-8-13-4-2-1-3-5-13/h6-7,10,13H,1-5,8-9,11-12H2,(H2,21,24)(H,22,25). The normalized spacial score (nSPS) is 15.3. The Bertz CT molecular complexity index is 604. The van der Waals surface area contributed by atoms with Gasteiger partial charge >= 0.3 is 0 Å². The molecule has 138 valence electrons. The molecule has 1 fully saturated rings. The van der Waals surface area contributed by atoms with Gasteiger partial charge in [0.25, 0.3) is 0 Å². The maximum atomic E-state index is 12.3. The van der Waals surface area contributed by atoms with Gasteiger partial charge in [0.2, 0.25) is 11.8 Å². The van der Waals surface area contributed by atoms with Crippen molar-refractivity contribution in [2.75, 3.05) is 25.0 Å². The number of hydrogen-bond donors (Lipinski definition) is 2. The number of amides is 2. The van der Waals surface area contributed by atoms with E-state index in [4.69, 9.17) is 28.9 Å². The van der Waals surface area contributed by atoms with Gasteiger partial charge in [0.05, 0.1) is 23.8 Å². The van der Waals surface area contributed by atoms with Gasteiger partial charge in [-0.25, -0.2) is 0 Å². The summed E-state index contributed by atoms with van der Waals surface area (Å²) in [4.78, 5) is 25.4. The lowest BCUT2D eigenvalue weighted by molar-refractivity contribution is -0.121. The number of primary amides is 1. The van der Waals surface area contributed by atoms with Crippen LogP contribution in [-0.2, 0) is 9.59 Å². The average molecular weight is 386 g/mol. The monoisotopic (exact) mass is 385 g/mol. The van der Waals surface area contributed by atoms with E-state index in [9.17, 15) is 9.59 Å². The summed E-state index contributed by atoms with van der Waals surface area (Å²) < 4.78 is 0. The van der Waals surface area contributed by atoms with Crippen molar-refractivity contribution in [2.24, 2.45) is 11.7 Å². The summed E-state index contributed by atoms with van der Waals surface area (Å²) in [5.74, 6) is 0.0213. The summed E-state index contributed by atoms with van der Waals surface area (Å²) in [6.07, 6.45) is 7.31. The van der Waals surface area contributed by atoms with Crippen LogP contribution in [0, 0.1) is 5.92 Å². The van der Waals surface area contributed by atoms with E-state index < -0.39 is 5.91 Å². The second-order valence-corrected chi connectivity index (χ2v) is 7.49. The number of rotatable bonds is 8. The molecule has 0 heterocycles. The number of nitrogens with one attached hydrogen (secondary N) is 1. The molecule has 0 unspecified atom stereocenters. The lowest BCUT2D eigenvalue weighted by Crippen LogP contribution is -2.40. The maximum Gasteiger partial charge on any atom is 0.238 e. The molecule has 1 aromatic carbocycles. The van der Waals surface area contributed by atoms with Gasteiger partial charge in [-0.15, -0.1) is 0 Å². The highest BCUT2D eigenvalue weighted by Crippen LogP contribution is 2.27. The Labute approximate surface area is 158 Å². The molecule has 1 aromatic rings. The van der Waals surface area contributed by atoms with E-state index in [0.717, 1.165) is 6.42 Å². The van der Waals surface area contributed by atoms with Gasteiger partial charge in [0, 0.05) is 5.02 Å². The largest absolute Gasteiger partial charge is 0.369 e. The van der Waals surface area contributed by atoms with Crippen molar-refractivity contribution in [3.8, 4) is 0 Å². The molecule has 0 aromatic heterocycles. The number of carbonyl (C=O) groups excluding carboxylic acids is 2. The Morgan fingerprint density at radius 3 is 2.52 bits per heavy atom. The van der Waals surface area contributed by atoms with Crippen LogP contribution in [0.15, 0.2) is 18.2 Å². The molecule has 0 bridgehead atoms. The van der Waals surface area contributed by atoms with Crippen molar-refractivity contribution in [1.82, 2.24) is 4.90 Å². The Hall–Kier alpha value is -1.30. The zero-order valence-electron chi connectivity index (χ0n) is 14.3. The van der Waals surface area contributed by atoms with Crippen LogP contribution in [0.1, 0.15) is 38.5 Å². The second kappa shape index (κ2) is 10.00. The molecule has 1 aliphatic carbocycles. The Kier molecular flexibility index (Phi) is 8.00. The maximum absolute atomic E-state index is 12.3. The van der Waals surface area contributed by atoms with Gasteiger partial charge < -0.3 is 11.1 Å². The lowest BCUT2D eigenvalue weighted by atomic mass is 9.87. The molecule has 0 spiro atoms. The summed E-state index contributed by atoms with van der Waals surface area (Å²) in [5.41, 5.74) is 5.83. The van der Waals surface area contributed by atoms with Gasteiger partial charge in [0.15, 0.2) is 0 Å². The van der Waals surface area contributed by atoms with Gasteiger partial charge in [-0.2, -0.15) is 0 Å². The summed E-state index contributed by atoms with van der Waals surface area (Å²) in [5, 5.41) is 3.64. The van der Waals surface area contributed by atoms with E-state index in [-0.39, 0.29) is 19.0 Å². The van der Waals surface area contributed by atoms with Crippen LogP contribution in [0.5, 0.6) is 0 Å². The fourth-order valence-electron chi connectivity index (χ4n) is 3.26. The number of anilines is 1. The van der Waals surface area contributed by atoms with E-state index in [1.165, 1.54) is 32.1 Å². The minimum absolute atomic E-state index is 0.0779. The molecule has 0 saturated heterocycles. The summed E-state index contributed by atoms with van der Waals surface area (Å²) in [6, 6.07) is 4.89. The molecule has 2 rings (SSSR count). The highest BCUT2D eigenvalue weighted by Gasteiger charge is 2.18. The molecule has 1 saturated carbocycles. The fraction of sp³-hybridized carbons (Fsp3) is 0.556. The Morgan fingerprint density at radius 2 is 1.88 bits per heavy atom. The predicted octanol–water partition coefficient (Wildman–Crippen LogP) is 3.69. The number of nitrogens with zero attached hydrogens (tertiary/aromatic N) is 1. The number of benzene rings is 1. The zero-order chi connectivity index (χ0) is 18.2. The molecule has 7 heteroatoms. The van der Waals surface area contributed by atoms with Crippen LogP contribution in [0.3, 0.4) is 0 Å². The number of halogens is 2. The van der Waals surface area contributed by atoms with Crippen molar-refractivity contribution < 1.29 is 9.59 Å². The van der Waals surface area contributed by atoms with Crippen molar-refractivity contribution in [3.63, 3.8) is 0 Å². The van der Waals surface area contributed by atoms with Crippen LogP contribution in [0.4, 0.5) is 5.69 Å². The van der Waals surface area contributed by atoms with E-state index in [0.29, 0.717) is 28.2 Å². The van der Waals surface area contributed by atoms with Crippen LogP contribution >= 0.6 is 23.2 Å². The molecule has 0 aliphatic heterocycles. The van der Waals surface area contributed by atoms with E-state index in [1.807, 2.05) is 0 Å². The average Bonchev–Trinajstić information content (AvgIpc) is 2.56. The third kappa shape index (κ3) is 7.22. The molecule has 0 atom stereocenters. The Balaban J connectivity index is 1.88. The third-order valence-electron chi connectivity index (χ3n) is 4.53. The first-order chi connectivity index (χ1) is 11.9. The number of hydrogen-bond acceptors (Lipinski definition) is 3. The molecule has 25 heavy (non-hydrogen) atoms. The van der Waals surface area contributed by atoms with Crippen LogP contribution < -0.4 is 11.1 Å². The first kappa shape index (κ1) is 20.0. The van der Waals surface area contributed by atoms with E-state index >= 15 is 0 Å². The first-order valence-corrected chi connectivity index (χ1v) is 9.45. The number of carbonyl (C=O) groups is 2. The third-order valence-corrected chi connectivity index (χ3v) is 5.08. The summed E-state index contributed by atoms with van der Waals surface area (Å²) in [6.45, 7) is 0.873. The minimum atomic E-state index is -0.430. The van der Waals surface area contributed by atoms with Crippen LogP contribution in [0.25, 0.3) is 0 Å². The molecular weight excluding hydrogens is 361 g/mol. The molecule has 0 radical (unpaired) electrons. The highest BCUT2D eigenvalue weighted by molar-refractivity contribution is 6.36. The zero-order valence-corrected chi connectivity index (χ0v) is 15.8. The molecule has 1 aliphatic rings. The van der Waals surface area contributed by atoms with Crippen molar-refractivity contribution >= 4 is 40.7 Å². The molecule has 2 amide bonds. The topological polar surface area (TPSA) is 75.4 Å².